The summed E-state index contributed by atoms with van der Waals surface area (Å²) in [6.45, 7) is 6.87. The Bertz CT molecular complexity index is 1570. The fourth-order valence-electron chi connectivity index (χ4n) is 8.49. The van der Waals surface area contributed by atoms with Gasteiger partial charge in [0.25, 0.3) is 0 Å². The molecule has 2 N–H and O–H groups in total. The van der Waals surface area contributed by atoms with Gasteiger partial charge in [-0.05, 0) is 112 Å². The zero-order chi connectivity index (χ0) is 36.0. The minimum Gasteiger partial charge on any atom is -0.459 e. The Morgan fingerprint density at radius 3 is 2.47 bits per heavy atom. The van der Waals surface area contributed by atoms with Gasteiger partial charge in [-0.25, -0.2) is 0 Å². The standard InChI is InChI=1S/C41H54N2O7S/c1-5-23-47-41-37(43(3)40(46)27-13-14-27)26-35(42-48-6-2)33-24-28(11-7-9-21-44)32(12-8-10-22-45)38(39(33)41)34-25-30(17-20-36(34)50-41)49-29-15-18-31(51-4)19-16-29/h5,15-20,24-25,27-28,32,37-39,44-45H,1,6-14,21-23,26H2,2-4H3/t28-,32+,37-,38+,39+,41+/m0/s1. The van der Waals surface area contributed by atoms with E-state index in [0.29, 0.717) is 25.2 Å². The minimum absolute atomic E-state index is 0.0144. The fraction of sp³-hybridized carbons (Fsp3) is 0.561. The van der Waals surface area contributed by atoms with Crippen molar-refractivity contribution in [3.8, 4) is 17.2 Å². The number of allylic oxidation sites excluding steroid dienone is 1. The molecule has 1 heterocycles. The van der Waals surface area contributed by atoms with E-state index in [1.54, 1.807) is 17.8 Å². The highest BCUT2D eigenvalue weighted by atomic mass is 32.2. The highest BCUT2D eigenvalue weighted by molar-refractivity contribution is 7.98. The van der Waals surface area contributed by atoms with Crippen molar-refractivity contribution in [1.82, 2.24) is 4.90 Å². The molecule has 51 heavy (non-hydrogen) atoms. The van der Waals surface area contributed by atoms with Gasteiger partial charge in [0, 0.05) is 49.0 Å². The molecule has 2 aromatic carbocycles. The SMILES string of the molecule is C=CCO[C@@]12Oc3ccc(Oc4ccc(SC)cc4)cc3[C@H]3[C@H](CCCCO)[C@@H](CCCCO)C=C(C(=NOCC)C[C@@H]1N(C)C(=O)C1CC1)[C@H]32. The molecule has 10 heteroatoms. The predicted octanol–water partition coefficient (Wildman–Crippen LogP) is 7.72. The molecule has 0 radical (unpaired) electrons. The molecule has 6 atom stereocenters. The summed E-state index contributed by atoms with van der Waals surface area (Å²) in [4.78, 5) is 22.6. The number of aliphatic hydroxyl groups excluding tert-OH is 2. The molecule has 276 valence electrons. The lowest BCUT2D eigenvalue weighted by Crippen LogP contribution is -2.69. The minimum atomic E-state index is -1.22. The van der Waals surface area contributed by atoms with Crippen LogP contribution in [0.2, 0.25) is 0 Å². The van der Waals surface area contributed by atoms with Crippen LogP contribution in [0.15, 0.2) is 76.8 Å². The van der Waals surface area contributed by atoms with Crippen LogP contribution in [0.1, 0.15) is 76.2 Å². The smallest absolute Gasteiger partial charge is 0.239 e. The maximum Gasteiger partial charge on any atom is 0.239 e. The Labute approximate surface area is 307 Å². The normalized spacial score (nSPS) is 27.1. The van der Waals surface area contributed by atoms with Crippen LogP contribution in [-0.2, 0) is 14.4 Å². The van der Waals surface area contributed by atoms with Gasteiger partial charge in [0.1, 0.15) is 29.9 Å². The van der Waals surface area contributed by atoms with Crippen molar-refractivity contribution in [3.63, 3.8) is 0 Å². The predicted molar refractivity (Wildman–Crippen MR) is 200 cm³/mol. The van der Waals surface area contributed by atoms with Crippen molar-refractivity contribution < 1.29 is 34.1 Å². The molecule has 1 aliphatic heterocycles. The van der Waals surface area contributed by atoms with Gasteiger partial charge in [-0.3, -0.25) is 4.79 Å². The van der Waals surface area contributed by atoms with E-state index in [4.69, 9.17) is 24.2 Å². The number of fused-ring (bicyclic) bond motifs is 2. The van der Waals surface area contributed by atoms with E-state index in [0.717, 1.165) is 78.2 Å². The lowest BCUT2D eigenvalue weighted by Gasteiger charge is -2.59. The second-order valence-electron chi connectivity index (χ2n) is 14.2. The van der Waals surface area contributed by atoms with Gasteiger partial charge in [-0.1, -0.05) is 30.1 Å². The van der Waals surface area contributed by atoms with E-state index < -0.39 is 11.8 Å². The van der Waals surface area contributed by atoms with Gasteiger partial charge in [0.15, 0.2) is 0 Å². The summed E-state index contributed by atoms with van der Waals surface area (Å²) in [6.07, 6.45) is 13.3. The summed E-state index contributed by atoms with van der Waals surface area (Å²) in [5, 5.41) is 24.3. The Kier molecular flexibility index (Phi) is 12.5. The largest absolute Gasteiger partial charge is 0.459 e. The molecule has 4 aliphatic rings. The van der Waals surface area contributed by atoms with E-state index in [1.807, 2.05) is 43.1 Å². The first-order valence-electron chi connectivity index (χ1n) is 18.7. The molecule has 0 aromatic heterocycles. The Morgan fingerprint density at radius 2 is 1.80 bits per heavy atom. The van der Waals surface area contributed by atoms with Crippen molar-refractivity contribution in [3.05, 3.63) is 72.3 Å². The third-order valence-electron chi connectivity index (χ3n) is 11.0. The number of carbonyl (C=O) groups excluding carboxylic acids is 1. The number of unbranched alkanes of at least 4 members (excludes halogenated alkanes) is 2. The number of oxime groups is 1. The Hall–Kier alpha value is -3.31. The number of likely N-dealkylation sites (N-methyl/N-ethyl adjacent to an activating group) is 1. The molecular formula is C41H54N2O7S. The Morgan fingerprint density at radius 1 is 1.08 bits per heavy atom. The van der Waals surface area contributed by atoms with Crippen molar-refractivity contribution >= 4 is 23.4 Å². The number of benzene rings is 2. The number of hydrogen-bond donors (Lipinski definition) is 2. The van der Waals surface area contributed by atoms with E-state index in [-0.39, 0.29) is 55.3 Å². The summed E-state index contributed by atoms with van der Waals surface area (Å²) in [7, 11) is 1.88. The van der Waals surface area contributed by atoms with E-state index in [9.17, 15) is 15.0 Å². The van der Waals surface area contributed by atoms with Crippen molar-refractivity contribution in [2.24, 2.45) is 28.8 Å². The van der Waals surface area contributed by atoms with Gasteiger partial charge in [0.05, 0.1) is 18.2 Å². The van der Waals surface area contributed by atoms with Gasteiger partial charge in [-0.15, -0.1) is 18.3 Å². The number of amides is 1. The molecule has 3 aliphatic carbocycles. The van der Waals surface area contributed by atoms with Crippen LogP contribution in [0.3, 0.4) is 0 Å². The highest BCUT2D eigenvalue weighted by Crippen LogP contribution is 2.62. The molecule has 9 nitrogen and oxygen atoms in total. The summed E-state index contributed by atoms with van der Waals surface area (Å²) >= 11 is 1.69. The van der Waals surface area contributed by atoms with Crippen LogP contribution < -0.4 is 9.47 Å². The summed E-state index contributed by atoms with van der Waals surface area (Å²) < 4.78 is 20.6. The zero-order valence-corrected chi connectivity index (χ0v) is 31.1. The Balaban J connectivity index is 1.54. The molecule has 0 saturated heterocycles. The second-order valence-corrected chi connectivity index (χ2v) is 15.1. The lowest BCUT2D eigenvalue weighted by atomic mass is 9.55. The lowest BCUT2D eigenvalue weighted by molar-refractivity contribution is -0.255. The van der Waals surface area contributed by atoms with E-state index >= 15 is 0 Å². The molecule has 2 fully saturated rings. The molecule has 2 saturated carbocycles. The molecule has 1 amide bonds. The van der Waals surface area contributed by atoms with Gasteiger partial charge in [-0.2, -0.15) is 0 Å². The van der Waals surface area contributed by atoms with Crippen LogP contribution >= 0.6 is 11.8 Å². The fourth-order valence-corrected chi connectivity index (χ4v) is 8.89. The number of carbonyl (C=O) groups is 1. The highest BCUT2D eigenvalue weighted by Gasteiger charge is 2.65. The van der Waals surface area contributed by atoms with Crippen molar-refractivity contribution in [1.29, 1.82) is 0 Å². The number of rotatable bonds is 18. The summed E-state index contributed by atoms with van der Waals surface area (Å²) in [5.41, 5.74) is 2.90. The topological polar surface area (TPSA) is 110 Å². The van der Waals surface area contributed by atoms with Gasteiger partial charge >= 0.3 is 0 Å². The quantitative estimate of drug-likeness (QED) is 0.0698. The number of nitrogens with zero attached hydrogens (tertiary/aromatic N) is 2. The van der Waals surface area contributed by atoms with Gasteiger partial charge < -0.3 is 34.2 Å². The molecule has 6 rings (SSSR count). The summed E-state index contributed by atoms with van der Waals surface area (Å²) in [6, 6.07) is 13.7. The second kappa shape index (κ2) is 17.0. The number of hydrogen-bond acceptors (Lipinski definition) is 9. The first kappa shape index (κ1) is 37.4. The summed E-state index contributed by atoms with van der Waals surface area (Å²) in [5.74, 6) is 1.01. The van der Waals surface area contributed by atoms with E-state index in [2.05, 4.69) is 37.1 Å². The van der Waals surface area contributed by atoms with Crippen molar-refractivity contribution in [2.75, 3.05) is 39.7 Å². The maximum atomic E-state index is 13.9. The first-order chi connectivity index (χ1) is 24.9. The molecule has 0 unspecified atom stereocenters. The van der Waals surface area contributed by atoms with Crippen LogP contribution in [0.5, 0.6) is 17.2 Å². The molecular weight excluding hydrogens is 665 g/mol. The monoisotopic (exact) mass is 718 g/mol. The van der Waals surface area contributed by atoms with Crippen LogP contribution in [0.4, 0.5) is 0 Å². The third kappa shape index (κ3) is 7.89. The molecule has 0 spiro atoms. The number of aliphatic hydroxyl groups is 2. The van der Waals surface area contributed by atoms with Crippen molar-refractivity contribution in [2.45, 2.75) is 87.4 Å². The third-order valence-corrected chi connectivity index (χ3v) is 11.7. The number of thioether (sulfide) groups is 1. The molecule has 2 aromatic rings. The van der Waals surface area contributed by atoms with Gasteiger partial charge in [0.2, 0.25) is 11.7 Å². The first-order valence-corrected chi connectivity index (χ1v) is 19.9. The van der Waals surface area contributed by atoms with Crippen LogP contribution in [0, 0.1) is 23.7 Å². The number of ether oxygens (including phenoxy) is 3. The average Bonchev–Trinajstić information content (AvgIpc) is 4.00. The van der Waals surface area contributed by atoms with Crippen LogP contribution in [-0.4, -0.2) is 78.3 Å². The molecule has 0 bridgehead atoms. The zero-order valence-electron chi connectivity index (χ0n) is 30.3. The van der Waals surface area contributed by atoms with E-state index in [1.165, 1.54) is 0 Å². The average molecular weight is 719 g/mol. The maximum absolute atomic E-state index is 13.9. The van der Waals surface area contributed by atoms with Crippen LogP contribution in [0.25, 0.3) is 0 Å².